The van der Waals surface area contributed by atoms with Crippen molar-refractivity contribution in [3.63, 3.8) is 0 Å². The molecular formula is C18H12O2S2. The van der Waals surface area contributed by atoms with Gasteiger partial charge < -0.3 is 5.11 Å². The number of aliphatic hydroxyl groups is 1. The van der Waals surface area contributed by atoms with Crippen LogP contribution in [0.4, 0.5) is 0 Å². The molecule has 2 heterocycles. The van der Waals surface area contributed by atoms with Gasteiger partial charge in [0, 0.05) is 11.1 Å². The van der Waals surface area contributed by atoms with Gasteiger partial charge in [0.25, 0.3) is 0 Å². The number of thiophene rings is 2. The van der Waals surface area contributed by atoms with Gasteiger partial charge in [-0.3, -0.25) is 4.79 Å². The summed E-state index contributed by atoms with van der Waals surface area (Å²) in [7, 11) is 0. The second-order valence-corrected chi connectivity index (χ2v) is 6.52. The summed E-state index contributed by atoms with van der Waals surface area (Å²) in [4.78, 5) is 12.6. The minimum absolute atomic E-state index is 0.523. The molecule has 0 saturated heterocycles. The summed E-state index contributed by atoms with van der Waals surface area (Å²) in [5, 5.41) is 14.9. The van der Waals surface area contributed by atoms with Gasteiger partial charge in [-0.15, -0.1) is 22.7 Å². The van der Waals surface area contributed by atoms with Crippen molar-refractivity contribution < 1.29 is 9.90 Å². The standard InChI is InChI=1S/C18H12O2S2/c19-13-15-6-2-1-5-14(15)9-10-18(20,16-7-3-11-21-16)17-8-4-12-22-17/h1-8,11-13,20H. The molecule has 0 aliphatic heterocycles. The lowest BCUT2D eigenvalue weighted by atomic mass is 9.99. The third-order valence-corrected chi connectivity index (χ3v) is 5.18. The molecule has 22 heavy (non-hydrogen) atoms. The highest BCUT2D eigenvalue weighted by Gasteiger charge is 2.31. The number of rotatable bonds is 3. The zero-order valence-corrected chi connectivity index (χ0v) is 13.2. The molecule has 1 aromatic carbocycles. The van der Waals surface area contributed by atoms with Crippen molar-refractivity contribution in [1.29, 1.82) is 0 Å². The first-order chi connectivity index (χ1) is 10.7. The molecule has 0 radical (unpaired) electrons. The highest BCUT2D eigenvalue weighted by atomic mass is 32.1. The molecule has 3 rings (SSSR count). The van der Waals surface area contributed by atoms with Crippen molar-refractivity contribution >= 4 is 29.0 Å². The van der Waals surface area contributed by atoms with E-state index in [0.29, 0.717) is 11.1 Å². The summed E-state index contributed by atoms with van der Waals surface area (Å²) in [6.45, 7) is 0. The van der Waals surface area contributed by atoms with Crippen molar-refractivity contribution in [2.45, 2.75) is 5.60 Å². The van der Waals surface area contributed by atoms with Gasteiger partial charge in [0.2, 0.25) is 0 Å². The van der Waals surface area contributed by atoms with Crippen molar-refractivity contribution in [1.82, 2.24) is 0 Å². The van der Waals surface area contributed by atoms with Crippen molar-refractivity contribution in [3.05, 3.63) is 80.2 Å². The van der Waals surface area contributed by atoms with Gasteiger partial charge in [0.15, 0.2) is 11.9 Å². The maximum Gasteiger partial charge on any atom is 0.195 e. The molecule has 0 amide bonds. The number of carbonyl (C=O) groups excluding carboxylic acids is 1. The molecule has 1 N–H and O–H groups in total. The van der Waals surface area contributed by atoms with Crippen molar-refractivity contribution in [2.24, 2.45) is 0 Å². The highest BCUT2D eigenvalue weighted by molar-refractivity contribution is 7.11. The second-order valence-electron chi connectivity index (χ2n) is 4.62. The Bertz CT molecular complexity index is 787. The van der Waals surface area contributed by atoms with Gasteiger partial charge in [-0.25, -0.2) is 0 Å². The Morgan fingerprint density at radius 2 is 1.59 bits per heavy atom. The Balaban J connectivity index is 2.10. The first kappa shape index (κ1) is 14.7. The predicted molar refractivity (Wildman–Crippen MR) is 90.3 cm³/mol. The SMILES string of the molecule is O=Cc1ccccc1C#CC(O)(c1cccs1)c1cccs1. The molecule has 0 saturated carbocycles. The van der Waals surface area contributed by atoms with E-state index in [1.54, 1.807) is 18.2 Å². The van der Waals surface area contributed by atoms with Crippen LogP contribution in [0.2, 0.25) is 0 Å². The minimum atomic E-state index is -1.35. The van der Waals surface area contributed by atoms with E-state index in [4.69, 9.17) is 0 Å². The molecule has 3 aromatic rings. The fourth-order valence-corrected chi connectivity index (χ4v) is 3.73. The number of aldehydes is 1. The average Bonchev–Trinajstić information content (AvgIpc) is 3.25. The molecule has 2 aromatic heterocycles. The minimum Gasteiger partial charge on any atom is -0.368 e. The highest BCUT2D eigenvalue weighted by Crippen LogP contribution is 2.35. The Labute approximate surface area is 136 Å². The van der Waals surface area contributed by atoms with Crippen molar-refractivity contribution in [2.75, 3.05) is 0 Å². The van der Waals surface area contributed by atoms with Crippen LogP contribution in [0.15, 0.2) is 59.3 Å². The molecule has 2 nitrogen and oxygen atoms in total. The summed E-state index contributed by atoms with van der Waals surface area (Å²) in [5.41, 5.74) is -0.211. The molecule has 4 heteroatoms. The van der Waals surface area contributed by atoms with E-state index < -0.39 is 5.60 Å². The topological polar surface area (TPSA) is 37.3 Å². The Kier molecular flexibility index (Phi) is 4.21. The number of hydrogen-bond donors (Lipinski definition) is 1. The predicted octanol–water partition coefficient (Wildman–Crippen LogP) is 3.91. The maximum atomic E-state index is 11.1. The first-order valence-corrected chi connectivity index (χ1v) is 8.37. The van der Waals surface area contributed by atoms with Crippen LogP contribution in [0.25, 0.3) is 0 Å². The van der Waals surface area contributed by atoms with E-state index in [9.17, 15) is 9.90 Å². The fraction of sp³-hybridized carbons (Fsp3) is 0.0556. The van der Waals surface area contributed by atoms with E-state index in [0.717, 1.165) is 16.0 Å². The van der Waals surface area contributed by atoms with Gasteiger partial charge >= 0.3 is 0 Å². The second kappa shape index (κ2) is 6.29. The van der Waals surface area contributed by atoms with Crippen LogP contribution < -0.4 is 0 Å². The summed E-state index contributed by atoms with van der Waals surface area (Å²) >= 11 is 2.92. The zero-order chi connectivity index (χ0) is 15.4. The van der Waals surface area contributed by atoms with Gasteiger partial charge in [-0.1, -0.05) is 42.2 Å². The number of benzene rings is 1. The normalized spacial score (nSPS) is 10.8. The van der Waals surface area contributed by atoms with E-state index in [2.05, 4.69) is 11.8 Å². The smallest absolute Gasteiger partial charge is 0.195 e. The Hall–Kier alpha value is -2.19. The third-order valence-electron chi connectivity index (χ3n) is 3.22. The summed E-state index contributed by atoms with van der Waals surface area (Å²) in [6.07, 6.45) is 0.777. The fourth-order valence-electron chi connectivity index (χ4n) is 2.08. The van der Waals surface area contributed by atoms with Crippen LogP contribution in [0.5, 0.6) is 0 Å². The molecule has 0 unspecified atom stereocenters. The van der Waals surface area contributed by atoms with Gasteiger partial charge in [-0.2, -0.15) is 0 Å². The third kappa shape index (κ3) is 2.75. The first-order valence-electron chi connectivity index (χ1n) is 6.62. The lowest BCUT2D eigenvalue weighted by molar-refractivity contribution is 0.112. The van der Waals surface area contributed by atoms with Crippen LogP contribution in [-0.4, -0.2) is 11.4 Å². The summed E-state index contributed by atoms with van der Waals surface area (Å²) in [6, 6.07) is 14.6. The van der Waals surface area contributed by atoms with Crippen LogP contribution in [0.3, 0.4) is 0 Å². The number of hydrogen-bond acceptors (Lipinski definition) is 4. The van der Waals surface area contributed by atoms with E-state index in [-0.39, 0.29) is 0 Å². The lowest BCUT2D eigenvalue weighted by Gasteiger charge is -2.19. The van der Waals surface area contributed by atoms with Crippen LogP contribution >= 0.6 is 22.7 Å². The molecule has 108 valence electrons. The summed E-state index contributed by atoms with van der Waals surface area (Å²) in [5.74, 6) is 5.92. The summed E-state index contributed by atoms with van der Waals surface area (Å²) < 4.78 is 0. The number of carbonyl (C=O) groups is 1. The quantitative estimate of drug-likeness (QED) is 0.586. The van der Waals surface area contributed by atoms with Gasteiger partial charge in [0.1, 0.15) is 0 Å². The van der Waals surface area contributed by atoms with E-state index in [1.807, 2.05) is 41.1 Å². The lowest BCUT2D eigenvalue weighted by Crippen LogP contribution is -2.22. The van der Waals surface area contributed by atoms with Gasteiger partial charge in [-0.05, 0) is 29.0 Å². The molecule has 0 aliphatic rings. The van der Waals surface area contributed by atoms with Crippen molar-refractivity contribution in [3.8, 4) is 11.8 Å². The molecule has 0 spiro atoms. The van der Waals surface area contributed by atoms with Gasteiger partial charge in [0.05, 0.1) is 9.75 Å². The molecule has 0 atom stereocenters. The molecule has 0 fully saturated rings. The average molecular weight is 324 g/mol. The maximum absolute atomic E-state index is 11.1. The Morgan fingerprint density at radius 1 is 0.955 bits per heavy atom. The largest absolute Gasteiger partial charge is 0.368 e. The molecule has 0 aliphatic carbocycles. The van der Waals surface area contributed by atoms with E-state index >= 15 is 0 Å². The zero-order valence-electron chi connectivity index (χ0n) is 11.5. The molecular weight excluding hydrogens is 312 g/mol. The Morgan fingerprint density at radius 3 is 2.14 bits per heavy atom. The van der Waals surface area contributed by atoms with Crippen LogP contribution in [-0.2, 0) is 5.60 Å². The van der Waals surface area contributed by atoms with E-state index in [1.165, 1.54) is 22.7 Å². The van der Waals surface area contributed by atoms with Crippen LogP contribution in [0, 0.1) is 11.8 Å². The monoisotopic (exact) mass is 324 g/mol. The molecule has 0 bridgehead atoms. The van der Waals surface area contributed by atoms with Crippen LogP contribution in [0.1, 0.15) is 25.7 Å².